The second-order valence-electron chi connectivity index (χ2n) is 7.57. The Hall–Kier alpha value is -3.11. The summed E-state index contributed by atoms with van der Waals surface area (Å²) in [6.45, 7) is 2.83. The van der Waals surface area contributed by atoms with E-state index in [1.807, 2.05) is 30.6 Å². The number of nitrogens with zero attached hydrogens (tertiary/aromatic N) is 2. The van der Waals surface area contributed by atoms with Crippen LogP contribution in [0.3, 0.4) is 0 Å². The van der Waals surface area contributed by atoms with Crippen molar-refractivity contribution in [3.8, 4) is 16.9 Å². The first kappa shape index (κ1) is 17.0. The number of aryl methyl sites for hydroxylation is 1. The molecule has 0 fully saturated rings. The Morgan fingerprint density at radius 3 is 2.86 bits per heavy atom. The lowest BCUT2D eigenvalue weighted by Crippen LogP contribution is -2.22. The van der Waals surface area contributed by atoms with E-state index >= 15 is 0 Å². The lowest BCUT2D eigenvalue weighted by molar-refractivity contribution is 0.261. The highest BCUT2D eigenvalue weighted by Crippen LogP contribution is 2.31. The molecular formula is C24H23N3O. The first-order valence-electron chi connectivity index (χ1n) is 9.80. The van der Waals surface area contributed by atoms with E-state index in [0.29, 0.717) is 5.75 Å². The van der Waals surface area contributed by atoms with E-state index in [9.17, 15) is 5.11 Å². The van der Waals surface area contributed by atoms with Crippen molar-refractivity contribution in [2.45, 2.75) is 25.9 Å². The Balaban J connectivity index is 1.50. The highest BCUT2D eigenvalue weighted by molar-refractivity contribution is 5.89. The molecule has 140 valence electrons. The molecule has 1 aliphatic heterocycles. The number of rotatable bonds is 3. The lowest BCUT2D eigenvalue weighted by Gasteiger charge is -2.20. The van der Waals surface area contributed by atoms with E-state index < -0.39 is 0 Å². The first-order chi connectivity index (χ1) is 13.8. The van der Waals surface area contributed by atoms with Crippen molar-refractivity contribution in [1.29, 1.82) is 0 Å². The Bertz CT molecular complexity index is 1120. The van der Waals surface area contributed by atoms with Gasteiger partial charge in [-0.2, -0.15) is 0 Å². The molecule has 3 heterocycles. The maximum atomic E-state index is 9.77. The van der Waals surface area contributed by atoms with Gasteiger partial charge in [-0.05, 0) is 66.4 Å². The van der Waals surface area contributed by atoms with Gasteiger partial charge in [-0.3, -0.25) is 9.88 Å². The third-order valence-corrected chi connectivity index (χ3v) is 5.59. The quantitative estimate of drug-likeness (QED) is 0.541. The highest BCUT2D eigenvalue weighted by atomic mass is 16.3. The Morgan fingerprint density at radius 1 is 1.04 bits per heavy atom. The Kier molecular flexibility index (Phi) is 4.34. The van der Waals surface area contributed by atoms with Crippen molar-refractivity contribution in [3.05, 3.63) is 83.8 Å². The molecule has 5 rings (SSSR count). The fourth-order valence-corrected chi connectivity index (χ4v) is 4.24. The average Bonchev–Trinajstić information content (AvgIpc) is 2.92. The number of nitrogens with one attached hydrogen (secondary N) is 1. The number of hydrogen-bond donors (Lipinski definition) is 2. The van der Waals surface area contributed by atoms with Gasteiger partial charge in [0.25, 0.3) is 0 Å². The number of H-pyrrole nitrogens is 1. The van der Waals surface area contributed by atoms with Gasteiger partial charge in [0.1, 0.15) is 5.75 Å². The molecule has 0 saturated carbocycles. The van der Waals surface area contributed by atoms with Gasteiger partial charge in [0.2, 0.25) is 0 Å². The molecule has 1 aliphatic rings. The van der Waals surface area contributed by atoms with Gasteiger partial charge in [-0.25, -0.2) is 0 Å². The molecule has 0 saturated heterocycles. The van der Waals surface area contributed by atoms with Gasteiger partial charge in [0, 0.05) is 47.6 Å². The largest absolute Gasteiger partial charge is 0.508 e. The van der Waals surface area contributed by atoms with Crippen LogP contribution < -0.4 is 0 Å². The van der Waals surface area contributed by atoms with Crippen LogP contribution in [-0.4, -0.2) is 26.5 Å². The average molecular weight is 369 g/mol. The summed E-state index contributed by atoms with van der Waals surface area (Å²) in [6.07, 6.45) is 5.93. The minimum Gasteiger partial charge on any atom is -0.508 e. The molecule has 0 aliphatic carbocycles. The molecule has 4 heteroatoms. The van der Waals surface area contributed by atoms with E-state index in [0.717, 1.165) is 43.6 Å². The van der Waals surface area contributed by atoms with Crippen LogP contribution in [-0.2, 0) is 19.5 Å². The molecule has 4 aromatic rings. The summed E-state index contributed by atoms with van der Waals surface area (Å²) >= 11 is 0. The number of aromatic nitrogens is 2. The number of phenols is 1. The van der Waals surface area contributed by atoms with Crippen molar-refractivity contribution in [2.24, 2.45) is 0 Å². The van der Waals surface area contributed by atoms with Crippen molar-refractivity contribution >= 4 is 10.9 Å². The van der Waals surface area contributed by atoms with Gasteiger partial charge >= 0.3 is 0 Å². The zero-order valence-corrected chi connectivity index (χ0v) is 15.7. The molecule has 0 unspecified atom stereocenters. The van der Waals surface area contributed by atoms with E-state index in [4.69, 9.17) is 0 Å². The molecule has 28 heavy (non-hydrogen) atoms. The fourth-order valence-electron chi connectivity index (χ4n) is 4.24. The molecule has 2 aromatic heterocycles. The number of aromatic hydroxyl groups is 1. The summed E-state index contributed by atoms with van der Waals surface area (Å²) in [5.41, 5.74) is 7.46. The molecule has 2 N–H and O–H groups in total. The normalized spacial score (nSPS) is 14.7. The summed E-state index contributed by atoms with van der Waals surface area (Å²) in [7, 11) is 0. The standard InChI is InChI=1S/C24H23N3O/c28-20-6-1-4-17(12-20)15-27-11-3-7-23-22(16-27)21-13-18(8-9-24(21)26-23)19-5-2-10-25-14-19/h1-2,4-6,8-10,12-14,26,28H,3,7,11,15-16H2. The van der Waals surface area contributed by atoms with Gasteiger partial charge in [-0.15, -0.1) is 0 Å². The molecule has 0 spiro atoms. The third kappa shape index (κ3) is 3.27. The SMILES string of the molecule is Oc1cccc(CN2CCCc3[nH]c4ccc(-c5cccnc5)cc4c3C2)c1. The van der Waals surface area contributed by atoms with Crippen LogP contribution in [0.4, 0.5) is 0 Å². The molecule has 0 amide bonds. The minimum absolute atomic E-state index is 0.334. The second kappa shape index (κ2) is 7.13. The van der Waals surface area contributed by atoms with E-state index in [-0.39, 0.29) is 0 Å². The highest BCUT2D eigenvalue weighted by Gasteiger charge is 2.19. The third-order valence-electron chi connectivity index (χ3n) is 5.59. The van der Waals surface area contributed by atoms with Crippen LogP contribution in [0.25, 0.3) is 22.0 Å². The summed E-state index contributed by atoms with van der Waals surface area (Å²) in [5, 5.41) is 11.1. The predicted octanol–water partition coefficient (Wildman–Crippen LogP) is 4.88. The summed E-state index contributed by atoms with van der Waals surface area (Å²) < 4.78 is 0. The number of aromatic amines is 1. The minimum atomic E-state index is 0.334. The van der Waals surface area contributed by atoms with E-state index in [2.05, 4.69) is 45.2 Å². The van der Waals surface area contributed by atoms with E-state index in [1.165, 1.54) is 27.7 Å². The number of fused-ring (bicyclic) bond motifs is 3. The molecule has 0 atom stereocenters. The number of hydrogen-bond acceptors (Lipinski definition) is 3. The smallest absolute Gasteiger partial charge is 0.115 e. The van der Waals surface area contributed by atoms with Gasteiger partial charge in [0.15, 0.2) is 0 Å². The summed E-state index contributed by atoms with van der Waals surface area (Å²) in [4.78, 5) is 10.4. The van der Waals surface area contributed by atoms with Crippen LogP contribution in [0, 0.1) is 0 Å². The van der Waals surface area contributed by atoms with Crippen LogP contribution in [0.2, 0.25) is 0 Å². The molecular weight excluding hydrogens is 346 g/mol. The zero-order valence-electron chi connectivity index (χ0n) is 15.7. The topological polar surface area (TPSA) is 52.1 Å². The monoisotopic (exact) mass is 369 g/mol. The van der Waals surface area contributed by atoms with Gasteiger partial charge in [-0.1, -0.05) is 24.3 Å². The second-order valence-corrected chi connectivity index (χ2v) is 7.57. The van der Waals surface area contributed by atoms with Crippen LogP contribution in [0.5, 0.6) is 5.75 Å². The van der Waals surface area contributed by atoms with Crippen molar-refractivity contribution < 1.29 is 5.11 Å². The molecule has 4 nitrogen and oxygen atoms in total. The van der Waals surface area contributed by atoms with Gasteiger partial charge < -0.3 is 10.1 Å². The Labute approximate surface area is 164 Å². The van der Waals surface area contributed by atoms with Crippen LogP contribution in [0.15, 0.2) is 67.0 Å². The molecule has 0 bridgehead atoms. The van der Waals surface area contributed by atoms with E-state index in [1.54, 1.807) is 6.07 Å². The van der Waals surface area contributed by atoms with Crippen molar-refractivity contribution in [1.82, 2.24) is 14.9 Å². The van der Waals surface area contributed by atoms with Crippen LogP contribution in [0.1, 0.15) is 23.2 Å². The number of pyridine rings is 1. The lowest BCUT2D eigenvalue weighted by atomic mass is 10.0. The molecule has 2 aromatic carbocycles. The summed E-state index contributed by atoms with van der Waals surface area (Å²) in [6, 6.07) is 18.3. The zero-order chi connectivity index (χ0) is 18.9. The molecule has 0 radical (unpaired) electrons. The number of phenolic OH excluding ortho intramolecular Hbond substituents is 1. The first-order valence-corrected chi connectivity index (χ1v) is 9.80. The fraction of sp³-hybridized carbons (Fsp3) is 0.208. The Morgan fingerprint density at radius 2 is 2.00 bits per heavy atom. The van der Waals surface area contributed by atoms with Gasteiger partial charge in [0.05, 0.1) is 0 Å². The summed E-state index contributed by atoms with van der Waals surface area (Å²) in [5.74, 6) is 0.334. The van der Waals surface area contributed by atoms with Crippen LogP contribution >= 0.6 is 0 Å². The van der Waals surface area contributed by atoms with Crippen molar-refractivity contribution in [2.75, 3.05) is 6.54 Å². The maximum Gasteiger partial charge on any atom is 0.115 e. The number of benzene rings is 2. The maximum absolute atomic E-state index is 9.77. The van der Waals surface area contributed by atoms with Crippen molar-refractivity contribution in [3.63, 3.8) is 0 Å². The predicted molar refractivity (Wildman–Crippen MR) is 112 cm³/mol.